The van der Waals surface area contributed by atoms with Gasteiger partial charge in [-0.15, -0.1) is 0 Å². The lowest BCUT2D eigenvalue weighted by Crippen LogP contribution is -2.43. The van der Waals surface area contributed by atoms with Crippen LogP contribution in [0.15, 0.2) is 16.5 Å². The summed E-state index contributed by atoms with van der Waals surface area (Å²) in [7, 11) is 1.48. The van der Waals surface area contributed by atoms with E-state index in [0.29, 0.717) is 25.7 Å². The monoisotopic (exact) mass is 269 g/mol. The number of aliphatic hydroxyl groups excluding tert-OH is 1. The Morgan fingerprint density at radius 3 is 2.79 bits per heavy atom. The number of hydrogen-bond acceptors (Lipinski definition) is 5. The van der Waals surface area contributed by atoms with E-state index in [0.717, 1.165) is 12.8 Å². The van der Waals surface area contributed by atoms with Crippen molar-refractivity contribution >= 4 is 5.91 Å². The second kappa shape index (κ2) is 6.08. The number of ether oxygens (including phenoxy) is 2. The molecule has 1 saturated heterocycles. The first kappa shape index (κ1) is 13.9. The molecule has 0 saturated carbocycles. The molecule has 2 rings (SSSR count). The molecular weight excluding hydrogens is 250 g/mol. The summed E-state index contributed by atoms with van der Waals surface area (Å²) in [5.41, 5.74) is -0.287. The van der Waals surface area contributed by atoms with Crippen LogP contribution < -0.4 is 10.1 Å². The number of carbonyl (C=O) groups is 1. The maximum atomic E-state index is 11.9. The highest BCUT2D eigenvalue weighted by Gasteiger charge is 2.32. The number of methoxy groups -OCH3 is 1. The number of rotatable bonds is 5. The van der Waals surface area contributed by atoms with Gasteiger partial charge < -0.3 is 24.3 Å². The summed E-state index contributed by atoms with van der Waals surface area (Å²) in [6.45, 7) is 1.68. The van der Waals surface area contributed by atoms with Gasteiger partial charge in [-0.3, -0.25) is 4.79 Å². The summed E-state index contributed by atoms with van der Waals surface area (Å²) >= 11 is 0. The Hall–Kier alpha value is -1.53. The molecule has 1 aliphatic heterocycles. The Labute approximate surface area is 111 Å². The number of hydrogen-bond donors (Lipinski definition) is 2. The Bertz CT molecular complexity index is 422. The lowest BCUT2D eigenvalue weighted by Gasteiger charge is -2.35. The van der Waals surface area contributed by atoms with Gasteiger partial charge in [-0.05, 0) is 18.9 Å². The number of nitrogens with one attached hydrogen (secondary N) is 1. The van der Waals surface area contributed by atoms with Gasteiger partial charge in [-0.1, -0.05) is 0 Å². The lowest BCUT2D eigenvalue weighted by atomic mass is 9.81. The zero-order chi connectivity index (χ0) is 13.7. The minimum Gasteiger partial charge on any atom is -0.468 e. The first-order valence-electron chi connectivity index (χ1n) is 6.30. The highest BCUT2D eigenvalue weighted by atomic mass is 16.6. The number of carbonyl (C=O) groups excluding carboxylic acids is 1. The molecule has 0 aliphatic carbocycles. The van der Waals surface area contributed by atoms with E-state index in [1.54, 1.807) is 12.1 Å². The van der Waals surface area contributed by atoms with E-state index in [2.05, 4.69) is 5.32 Å². The lowest BCUT2D eigenvalue weighted by molar-refractivity contribution is -0.0147. The van der Waals surface area contributed by atoms with E-state index in [1.807, 2.05) is 0 Å². The van der Waals surface area contributed by atoms with Gasteiger partial charge in [0, 0.05) is 31.2 Å². The van der Waals surface area contributed by atoms with Gasteiger partial charge in [-0.2, -0.15) is 0 Å². The molecule has 1 aromatic rings. The van der Waals surface area contributed by atoms with E-state index in [4.69, 9.17) is 13.9 Å². The van der Waals surface area contributed by atoms with E-state index in [-0.39, 0.29) is 23.7 Å². The van der Waals surface area contributed by atoms with Crippen molar-refractivity contribution in [1.82, 2.24) is 5.32 Å². The van der Waals surface area contributed by atoms with Crippen molar-refractivity contribution in [3.8, 4) is 5.95 Å². The first-order valence-corrected chi connectivity index (χ1v) is 6.30. The van der Waals surface area contributed by atoms with Gasteiger partial charge >= 0.3 is 0 Å². The summed E-state index contributed by atoms with van der Waals surface area (Å²) in [4.78, 5) is 11.9. The zero-order valence-electron chi connectivity index (χ0n) is 11.0. The molecular formula is C13H19NO5. The van der Waals surface area contributed by atoms with Crippen LogP contribution in [0.1, 0.15) is 23.4 Å². The normalized spacial score (nSPS) is 18.0. The molecule has 2 heterocycles. The van der Waals surface area contributed by atoms with Gasteiger partial charge in [0.1, 0.15) is 0 Å². The molecule has 0 aromatic carbocycles. The number of aliphatic hydroxyl groups is 1. The second-order valence-electron chi connectivity index (χ2n) is 4.78. The zero-order valence-corrected chi connectivity index (χ0v) is 11.0. The fraction of sp³-hybridized carbons (Fsp3) is 0.615. The molecule has 0 bridgehead atoms. The standard InChI is InChI=1S/C13H19NO5/c1-17-11-3-2-10(19-11)12(16)14-8-13(9-15)4-6-18-7-5-13/h2-3,15H,4-9H2,1H3,(H,14,16). The van der Waals surface area contributed by atoms with Crippen molar-refractivity contribution in [2.75, 3.05) is 33.5 Å². The minimum atomic E-state index is -0.303. The van der Waals surface area contributed by atoms with Crippen LogP contribution in [0.25, 0.3) is 0 Å². The Balaban J connectivity index is 1.91. The molecule has 1 aromatic heterocycles. The Morgan fingerprint density at radius 2 is 2.21 bits per heavy atom. The highest BCUT2D eigenvalue weighted by Crippen LogP contribution is 2.29. The average Bonchev–Trinajstić information content (AvgIpc) is 2.95. The molecule has 1 amide bonds. The molecule has 0 radical (unpaired) electrons. The summed E-state index contributed by atoms with van der Waals surface area (Å²) < 4.78 is 15.3. The van der Waals surface area contributed by atoms with Crippen molar-refractivity contribution in [2.45, 2.75) is 12.8 Å². The number of furan rings is 1. The average molecular weight is 269 g/mol. The molecule has 106 valence electrons. The van der Waals surface area contributed by atoms with Crippen molar-refractivity contribution in [3.63, 3.8) is 0 Å². The van der Waals surface area contributed by atoms with Crippen LogP contribution in [0.5, 0.6) is 5.95 Å². The smallest absolute Gasteiger partial charge is 0.287 e. The fourth-order valence-electron chi connectivity index (χ4n) is 2.10. The predicted molar refractivity (Wildman–Crippen MR) is 67.2 cm³/mol. The van der Waals surface area contributed by atoms with Crippen molar-refractivity contribution in [3.05, 3.63) is 17.9 Å². The second-order valence-corrected chi connectivity index (χ2v) is 4.78. The number of amides is 1. The van der Waals surface area contributed by atoms with Crippen LogP contribution in [0, 0.1) is 5.41 Å². The molecule has 19 heavy (non-hydrogen) atoms. The van der Waals surface area contributed by atoms with Gasteiger partial charge in [-0.25, -0.2) is 0 Å². The van der Waals surface area contributed by atoms with E-state index in [1.165, 1.54) is 7.11 Å². The van der Waals surface area contributed by atoms with E-state index in [9.17, 15) is 9.90 Å². The summed E-state index contributed by atoms with van der Waals surface area (Å²) in [5, 5.41) is 12.3. The van der Waals surface area contributed by atoms with Crippen molar-refractivity contribution in [1.29, 1.82) is 0 Å². The van der Waals surface area contributed by atoms with E-state index < -0.39 is 0 Å². The summed E-state index contributed by atoms with van der Waals surface area (Å²) in [6.07, 6.45) is 1.48. The molecule has 1 fully saturated rings. The maximum Gasteiger partial charge on any atom is 0.287 e. The molecule has 0 spiro atoms. The molecule has 0 unspecified atom stereocenters. The quantitative estimate of drug-likeness (QED) is 0.826. The fourth-order valence-corrected chi connectivity index (χ4v) is 2.10. The predicted octanol–water partition coefficient (Wildman–Crippen LogP) is 0.807. The van der Waals surface area contributed by atoms with E-state index >= 15 is 0 Å². The molecule has 2 N–H and O–H groups in total. The third kappa shape index (κ3) is 3.27. The van der Waals surface area contributed by atoms with Crippen LogP contribution in [0.2, 0.25) is 0 Å². The Morgan fingerprint density at radius 1 is 1.47 bits per heavy atom. The van der Waals surface area contributed by atoms with Gasteiger partial charge in [0.15, 0.2) is 5.76 Å². The molecule has 1 aliphatic rings. The Kier molecular flexibility index (Phi) is 4.44. The van der Waals surface area contributed by atoms with Crippen LogP contribution in [-0.2, 0) is 4.74 Å². The molecule has 0 atom stereocenters. The highest BCUT2D eigenvalue weighted by molar-refractivity contribution is 5.91. The van der Waals surface area contributed by atoms with Crippen molar-refractivity contribution < 1.29 is 23.8 Å². The van der Waals surface area contributed by atoms with Crippen LogP contribution in [-0.4, -0.2) is 44.5 Å². The SMILES string of the molecule is COc1ccc(C(=O)NCC2(CO)CCOCC2)o1. The third-order valence-electron chi connectivity index (χ3n) is 3.52. The summed E-state index contributed by atoms with van der Waals surface area (Å²) in [5.74, 6) is 0.202. The van der Waals surface area contributed by atoms with Crippen LogP contribution in [0.4, 0.5) is 0 Å². The molecule has 6 nitrogen and oxygen atoms in total. The van der Waals surface area contributed by atoms with Gasteiger partial charge in [0.05, 0.1) is 13.7 Å². The van der Waals surface area contributed by atoms with Crippen LogP contribution >= 0.6 is 0 Å². The molecule has 6 heteroatoms. The third-order valence-corrected chi connectivity index (χ3v) is 3.52. The topological polar surface area (TPSA) is 80.9 Å². The van der Waals surface area contributed by atoms with Crippen LogP contribution in [0.3, 0.4) is 0 Å². The van der Waals surface area contributed by atoms with Gasteiger partial charge in [0.25, 0.3) is 11.9 Å². The van der Waals surface area contributed by atoms with Gasteiger partial charge in [0.2, 0.25) is 0 Å². The maximum absolute atomic E-state index is 11.9. The largest absolute Gasteiger partial charge is 0.468 e. The minimum absolute atomic E-state index is 0.0398. The van der Waals surface area contributed by atoms with Crippen molar-refractivity contribution in [2.24, 2.45) is 5.41 Å². The summed E-state index contributed by atoms with van der Waals surface area (Å²) in [6, 6.07) is 3.15. The first-order chi connectivity index (χ1) is 9.19.